The molecule has 2 heterocycles. The highest BCUT2D eigenvalue weighted by Crippen LogP contribution is 2.24. The Morgan fingerprint density at radius 3 is 2.11 bits per heavy atom. The Balaban J connectivity index is 1.50. The maximum Gasteiger partial charge on any atom is 0.264 e. The fourth-order valence-corrected chi connectivity index (χ4v) is 6.39. The summed E-state index contributed by atoms with van der Waals surface area (Å²) in [6.07, 6.45) is 6.48. The van der Waals surface area contributed by atoms with Crippen molar-refractivity contribution in [1.29, 1.82) is 0 Å². The molecule has 190 valence electrons. The van der Waals surface area contributed by atoms with Crippen LogP contribution in [0.4, 0.5) is 11.6 Å². The molecule has 1 aliphatic heterocycles. The normalized spacial score (nSPS) is 15.1. The van der Waals surface area contributed by atoms with E-state index in [4.69, 9.17) is 0 Å². The van der Waals surface area contributed by atoms with Crippen molar-refractivity contribution in [2.45, 2.75) is 42.4 Å². The van der Waals surface area contributed by atoms with Crippen molar-refractivity contribution in [3.8, 4) is 0 Å². The molecule has 0 unspecified atom stereocenters. The number of hydrogen-bond donors (Lipinski definition) is 2. The summed E-state index contributed by atoms with van der Waals surface area (Å²) in [4.78, 5) is 20.7. The van der Waals surface area contributed by atoms with Gasteiger partial charge in [-0.15, -0.1) is 0 Å². The van der Waals surface area contributed by atoms with Crippen LogP contribution in [0.5, 0.6) is 0 Å². The van der Waals surface area contributed by atoms with E-state index in [9.17, 15) is 21.6 Å². The molecule has 1 saturated heterocycles. The molecule has 10 nitrogen and oxygen atoms in total. The molecule has 0 spiro atoms. The molecule has 0 aliphatic carbocycles. The van der Waals surface area contributed by atoms with E-state index in [0.29, 0.717) is 24.3 Å². The summed E-state index contributed by atoms with van der Waals surface area (Å²) in [7, 11) is -7.62. The van der Waals surface area contributed by atoms with Crippen molar-refractivity contribution in [2.75, 3.05) is 23.1 Å². The largest absolute Gasteiger partial charge is 0.322 e. The first-order valence-corrected chi connectivity index (χ1v) is 14.4. The SMILES string of the molecule is Cc1ccc(S(=O)(=O)N2CCCCCC2)cc1C(=O)Nc1ccc(S(=O)(=O)Nc2ncccn2)cc1. The third-order valence-corrected chi connectivity index (χ3v) is 9.11. The average Bonchev–Trinajstić information content (AvgIpc) is 3.15. The van der Waals surface area contributed by atoms with Gasteiger partial charge in [0.15, 0.2) is 0 Å². The van der Waals surface area contributed by atoms with E-state index in [1.54, 1.807) is 19.1 Å². The van der Waals surface area contributed by atoms with Gasteiger partial charge in [-0.05, 0) is 67.8 Å². The molecule has 0 radical (unpaired) electrons. The van der Waals surface area contributed by atoms with Gasteiger partial charge in [-0.3, -0.25) is 4.79 Å². The molecule has 4 rings (SSSR count). The molecule has 36 heavy (non-hydrogen) atoms. The number of sulfonamides is 2. The molecule has 1 amide bonds. The van der Waals surface area contributed by atoms with E-state index in [-0.39, 0.29) is 21.3 Å². The number of carbonyl (C=O) groups is 1. The second-order valence-corrected chi connectivity index (χ2v) is 12.1. The highest BCUT2D eigenvalue weighted by atomic mass is 32.2. The number of rotatable bonds is 7. The number of benzene rings is 2. The third-order valence-electron chi connectivity index (χ3n) is 5.87. The zero-order valence-corrected chi connectivity index (χ0v) is 21.3. The van der Waals surface area contributed by atoms with Gasteiger partial charge in [0, 0.05) is 36.7 Å². The third kappa shape index (κ3) is 5.89. The summed E-state index contributed by atoms with van der Waals surface area (Å²) in [5.74, 6) is -0.549. The van der Waals surface area contributed by atoms with Crippen molar-refractivity contribution >= 4 is 37.6 Å². The van der Waals surface area contributed by atoms with E-state index >= 15 is 0 Å². The Labute approximate surface area is 210 Å². The van der Waals surface area contributed by atoms with Crippen molar-refractivity contribution in [3.05, 3.63) is 72.1 Å². The Morgan fingerprint density at radius 1 is 0.861 bits per heavy atom. The van der Waals surface area contributed by atoms with E-state index in [1.807, 2.05) is 0 Å². The van der Waals surface area contributed by atoms with Gasteiger partial charge < -0.3 is 5.32 Å². The first kappa shape index (κ1) is 25.7. The second-order valence-electron chi connectivity index (χ2n) is 8.45. The van der Waals surface area contributed by atoms with Crippen LogP contribution in [0.25, 0.3) is 0 Å². The van der Waals surface area contributed by atoms with Crippen molar-refractivity contribution < 1.29 is 21.6 Å². The Bertz CT molecular complexity index is 1440. The molecule has 0 saturated carbocycles. The standard InChI is InChI=1S/C24H27N5O5S2/c1-18-7-10-21(36(33,34)29-15-4-2-3-5-16-29)17-22(18)23(30)27-19-8-11-20(12-9-19)35(31,32)28-24-25-13-6-14-26-24/h6-14,17H,2-5,15-16H2,1H3,(H,27,30)(H,25,26,28). The lowest BCUT2D eigenvalue weighted by Crippen LogP contribution is -2.32. The number of nitrogens with one attached hydrogen (secondary N) is 2. The fraction of sp³-hybridized carbons (Fsp3) is 0.292. The lowest BCUT2D eigenvalue weighted by Gasteiger charge is -2.20. The molecule has 2 N–H and O–H groups in total. The Kier molecular flexibility index (Phi) is 7.67. The van der Waals surface area contributed by atoms with Crippen LogP contribution in [-0.2, 0) is 20.0 Å². The van der Waals surface area contributed by atoms with Gasteiger partial charge in [0.1, 0.15) is 0 Å². The number of hydrogen-bond acceptors (Lipinski definition) is 7. The molecule has 0 bridgehead atoms. The monoisotopic (exact) mass is 529 g/mol. The van der Waals surface area contributed by atoms with Crippen molar-refractivity contribution in [1.82, 2.24) is 14.3 Å². The van der Waals surface area contributed by atoms with Gasteiger partial charge in [0.2, 0.25) is 16.0 Å². The van der Waals surface area contributed by atoms with Crippen LogP contribution < -0.4 is 10.0 Å². The average molecular weight is 530 g/mol. The van der Waals surface area contributed by atoms with Crippen LogP contribution in [0.3, 0.4) is 0 Å². The minimum Gasteiger partial charge on any atom is -0.322 e. The molecule has 1 aliphatic rings. The van der Waals surface area contributed by atoms with Gasteiger partial charge >= 0.3 is 0 Å². The van der Waals surface area contributed by atoms with Crippen molar-refractivity contribution in [3.63, 3.8) is 0 Å². The van der Waals surface area contributed by atoms with Crippen LogP contribution in [0.2, 0.25) is 0 Å². The molecule has 2 aromatic carbocycles. The van der Waals surface area contributed by atoms with E-state index < -0.39 is 26.0 Å². The minimum absolute atomic E-state index is 0.0327. The highest BCUT2D eigenvalue weighted by Gasteiger charge is 2.26. The topological polar surface area (TPSA) is 138 Å². The molecule has 0 atom stereocenters. The number of anilines is 2. The lowest BCUT2D eigenvalue weighted by atomic mass is 10.1. The smallest absolute Gasteiger partial charge is 0.264 e. The minimum atomic E-state index is -3.91. The van der Waals surface area contributed by atoms with E-state index in [2.05, 4.69) is 20.0 Å². The van der Waals surface area contributed by atoms with E-state index in [1.165, 1.54) is 53.1 Å². The van der Waals surface area contributed by atoms with Crippen LogP contribution in [0, 0.1) is 6.92 Å². The van der Waals surface area contributed by atoms with Gasteiger partial charge in [0.25, 0.3) is 15.9 Å². The summed E-state index contributed by atoms with van der Waals surface area (Å²) in [6.45, 7) is 2.67. The number of nitrogens with zero attached hydrogens (tertiary/aromatic N) is 3. The molecule has 3 aromatic rings. The fourth-order valence-electron chi connectivity index (χ4n) is 3.88. The van der Waals surface area contributed by atoms with Crippen LogP contribution in [0.1, 0.15) is 41.6 Å². The first-order chi connectivity index (χ1) is 17.2. The predicted octanol–water partition coefficient (Wildman–Crippen LogP) is 3.40. The molecule has 12 heteroatoms. The summed E-state index contributed by atoms with van der Waals surface area (Å²) >= 11 is 0. The molecule has 1 aromatic heterocycles. The Hall–Kier alpha value is -3.35. The molecular weight excluding hydrogens is 502 g/mol. The maximum atomic E-state index is 13.2. The van der Waals surface area contributed by atoms with Gasteiger partial charge in [0.05, 0.1) is 9.79 Å². The summed E-state index contributed by atoms with van der Waals surface area (Å²) in [5.41, 5.74) is 1.20. The van der Waals surface area contributed by atoms with Gasteiger partial charge in [-0.2, -0.15) is 4.31 Å². The summed E-state index contributed by atoms with van der Waals surface area (Å²) in [5, 5.41) is 2.71. The number of amides is 1. The summed E-state index contributed by atoms with van der Waals surface area (Å²) < 4.78 is 55.2. The number of aromatic nitrogens is 2. The second kappa shape index (κ2) is 10.7. The quantitative estimate of drug-likeness (QED) is 0.478. The van der Waals surface area contributed by atoms with Gasteiger partial charge in [-0.1, -0.05) is 18.9 Å². The van der Waals surface area contributed by atoms with Crippen molar-refractivity contribution in [2.24, 2.45) is 0 Å². The number of carbonyl (C=O) groups excluding carboxylic acids is 1. The summed E-state index contributed by atoms with van der Waals surface area (Å²) in [6, 6.07) is 11.7. The van der Waals surface area contributed by atoms with E-state index in [0.717, 1.165) is 25.7 Å². The highest BCUT2D eigenvalue weighted by molar-refractivity contribution is 7.92. The van der Waals surface area contributed by atoms with Gasteiger partial charge in [-0.25, -0.2) is 31.5 Å². The maximum absolute atomic E-state index is 13.2. The van der Waals surface area contributed by atoms with Crippen LogP contribution in [0.15, 0.2) is 70.7 Å². The molecular formula is C24H27N5O5S2. The van der Waals surface area contributed by atoms with Crippen LogP contribution >= 0.6 is 0 Å². The Morgan fingerprint density at radius 2 is 1.47 bits per heavy atom. The zero-order chi connectivity index (χ0) is 25.8. The van der Waals surface area contributed by atoms with Crippen LogP contribution in [-0.4, -0.2) is 50.1 Å². The zero-order valence-electron chi connectivity index (χ0n) is 19.7. The first-order valence-electron chi connectivity index (χ1n) is 11.5. The molecule has 1 fully saturated rings. The number of aryl methyl sites for hydroxylation is 1. The lowest BCUT2D eigenvalue weighted by molar-refractivity contribution is 0.102. The predicted molar refractivity (Wildman–Crippen MR) is 136 cm³/mol.